The number of amidine groups is 1. The van der Waals surface area contributed by atoms with Gasteiger partial charge in [-0.25, -0.2) is 4.39 Å². The van der Waals surface area contributed by atoms with E-state index in [-0.39, 0.29) is 11.7 Å². The van der Waals surface area contributed by atoms with Crippen molar-refractivity contribution < 1.29 is 4.39 Å². The zero-order valence-electron chi connectivity index (χ0n) is 10.3. The number of piperidine rings is 1. The first-order valence-corrected chi connectivity index (χ1v) is 7.46. The summed E-state index contributed by atoms with van der Waals surface area (Å²) >= 11 is 9.45. The van der Waals surface area contributed by atoms with Crippen molar-refractivity contribution in [2.24, 2.45) is 10.1 Å². The molecule has 1 aromatic carbocycles. The van der Waals surface area contributed by atoms with Crippen molar-refractivity contribution in [3.05, 3.63) is 34.6 Å². The Bertz CT molecular complexity index is 507. The van der Waals surface area contributed by atoms with Gasteiger partial charge < -0.3 is 0 Å². The van der Waals surface area contributed by atoms with Crippen LogP contribution in [0.15, 0.2) is 28.3 Å². The number of hydrogen-bond donors (Lipinski definition) is 0. The largest absolute Gasteiger partial charge is 0.259 e. The molecular weight excluding hydrogens is 333 g/mol. The zero-order chi connectivity index (χ0) is 13.8. The highest BCUT2D eigenvalue weighted by Gasteiger charge is 2.29. The second-order valence-corrected chi connectivity index (χ2v) is 5.17. The fourth-order valence-corrected chi connectivity index (χ4v) is 2.90. The van der Waals surface area contributed by atoms with E-state index >= 15 is 0 Å². The Kier molecular flexibility index (Phi) is 4.93. The maximum absolute atomic E-state index is 13.1. The highest BCUT2D eigenvalue weighted by Crippen LogP contribution is 2.34. The summed E-state index contributed by atoms with van der Waals surface area (Å²) in [7, 11) is 0. The van der Waals surface area contributed by atoms with Crippen molar-refractivity contribution in [3.63, 3.8) is 0 Å². The molecule has 19 heavy (non-hydrogen) atoms. The molecule has 0 amide bonds. The maximum atomic E-state index is 13.1. The van der Waals surface area contributed by atoms with E-state index in [4.69, 9.17) is 11.6 Å². The van der Waals surface area contributed by atoms with Gasteiger partial charge in [0.2, 0.25) is 0 Å². The number of alkyl halides is 1. The van der Waals surface area contributed by atoms with Crippen LogP contribution >= 0.6 is 27.5 Å². The molecule has 1 fully saturated rings. The van der Waals surface area contributed by atoms with Crippen molar-refractivity contribution >= 4 is 40.1 Å². The third-order valence-electron chi connectivity index (χ3n) is 3.17. The fraction of sp³-hybridized carbons (Fsp3) is 0.385. The van der Waals surface area contributed by atoms with E-state index in [1.54, 1.807) is 11.1 Å². The summed E-state index contributed by atoms with van der Waals surface area (Å²) in [4.78, 5) is 4.43. The highest BCUT2D eigenvalue weighted by atomic mass is 79.9. The van der Waals surface area contributed by atoms with Gasteiger partial charge in [0.1, 0.15) is 11.7 Å². The molecule has 1 atom stereocenters. The molecule has 102 valence electrons. The van der Waals surface area contributed by atoms with Crippen molar-refractivity contribution in [2.45, 2.75) is 18.8 Å². The predicted molar refractivity (Wildman–Crippen MR) is 80.9 cm³/mol. The van der Waals surface area contributed by atoms with Crippen LogP contribution in [0.1, 0.15) is 24.3 Å². The Hall–Kier alpha value is -0.940. The summed E-state index contributed by atoms with van der Waals surface area (Å²) in [5.74, 6) is 0.527. The lowest BCUT2D eigenvalue weighted by atomic mass is 9.90. The summed E-state index contributed by atoms with van der Waals surface area (Å²) in [6.07, 6.45) is 1.89. The molecule has 1 aromatic rings. The number of nitrogens with zero attached hydrogens (tertiary/aromatic N) is 3. The summed E-state index contributed by atoms with van der Waals surface area (Å²) < 4.78 is 13.1. The number of halogens is 3. The van der Waals surface area contributed by atoms with E-state index in [2.05, 4.69) is 32.7 Å². The van der Waals surface area contributed by atoms with Crippen LogP contribution in [-0.4, -0.2) is 29.6 Å². The molecule has 0 bridgehead atoms. The van der Waals surface area contributed by atoms with Gasteiger partial charge in [0.15, 0.2) is 0 Å². The van der Waals surface area contributed by atoms with Crippen LogP contribution in [-0.2, 0) is 0 Å². The Morgan fingerprint density at radius 2 is 2.32 bits per heavy atom. The lowest BCUT2D eigenvalue weighted by Crippen LogP contribution is -2.36. The van der Waals surface area contributed by atoms with Crippen LogP contribution in [0.3, 0.4) is 0 Å². The molecule has 2 rings (SSSR count). The minimum absolute atomic E-state index is 0.0323. The van der Waals surface area contributed by atoms with Crippen LogP contribution in [0.25, 0.3) is 0 Å². The van der Waals surface area contributed by atoms with Crippen LogP contribution in [0.5, 0.6) is 0 Å². The quantitative estimate of drug-likeness (QED) is 0.461. The first-order chi connectivity index (χ1) is 9.17. The number of rotatable bonds is 3. The Balaban J connectivity index is 2.40. The summed E-state index contributed by atoms with van der Waals surface area (Å²) in [5, 5.41) is 6.20. The second-order valence-electron chi connectivity index (χ2n) is 4.26. The topological polar surface area (TPSA) is 28.0 Å². The molecule has 0 radical (unpaired) electrons. The van der Waals surface area contributed by atoms with E-state index in [1.807, 2.05) is 0 Å². The number of aliphatic imine (C=N–C) groups is 1. The van der Waals surface area contributed by atoms with Gasteiger partial charge in [-0.15, -0.1) is 0 Å². The normalized spacial score (nSPS) is 21.7. The van der Waals surface area contributed by atoms with Crippen molar-refractivity contribution in [1.29, 1.82) is 0 Å². The smallest absolute Gasteiger partial charge is 0.128 e. The summed E-state index contributed by atoms with van der Waals surface area (Å²) in [5.41, 5.74) is 1.38. The van der Waals surface area contributed by atoms with Gasteiger partial charge >= 0.3 is 0 Å². The van der Waals surface area contributed by atoms with Gasteiger partial charge in [0.05, 0.1) is 5.45 Å². The van der Waals surface area contributed by atoms with Gasteiger partial charge in [0, 0.05) is 24.2 Å². The molecule has 0 aliphatic carbocycles. The number of hydrazone groups is 1. The monoisotopic (exact) mass is 345 g/mol. The molecule has 1 unspecified atom stereocenters. The summed E-state index contributed by atoms with van der Waals surface area (Å²) in [6.45, 7) is 4.36. The Morgan fingerprint density at radius 3 is 2.95 bits per heavy atom. The first kappa shape index (κ1) is 14.5. The average Bonchev–Trinajstić information content (AvgIpc) is 2.40. The van der Waals surface area contributed by atoms with E-state index < -0.39 is 0 Å². The zero-order valence-corrected chi connectivity index (χ0v) is 12.7. The second kappa shape index (κ2) is 6.48. The highest BCUT2D eigenvalue weighted by molar-refractivity contribution is 9.09. The van der Waals surface area contributed by atoms with Crippen molar-refractivity contribution in [3.8, 4) is 0 Å². The fourth-order valence-electron chi connectivity index (χ4n) is 2.34. The third kappa shape index (κ3) is 3.15. The molecule has 1 aliphatic rings. The van der Waals surface area contributed by atoms with Crippen LogP contribution in [0.2, 0.25) is 5.02 Å². The molecule has 0 saturated carbocycles. The van der Waals surface area contributed by atoms with Crippen molar-refractivity contribution in [2.75, 3.05) is 12.0 Å². The standard InChI is InChI=1S/C13H14BrClFN3/c1-17-19-6-2-3-11(13(19)18-8-14)10-5-4-9(16)7-12(10)15/h4-5,7,11H,1-3,6,8H2. The lowest BCUT2D eigenvalue weighted by molar-refractivity contribution is 0.373. The lowest BCUT2D eigenvalue weighted by Gasteiger charge is -2.32. The maximum Gasteiger partial charge on any atom is 0.128 e. The Morgan fingerprint density at radius 1 is 1.53 bits per heavy atom. The molecule has 6 heteroatoms. The molecule has 1 heterocycles. The first-order valence-electron chi connectivity index (χ1n) is 5.96. The van der Waals surface area contributed by atoms with Gasteiger partial charge in [-0.2, -0.15) is 5.10 Å². The molecule has 1 aliphatic heterocycles. The van der Waals surface area contributed by atoms with Gasteiger partial charge in [-0.3, -0.25) is 10.0 Å². The molecular formula is C13H14BrClFN3. The van der Waals surface area contributed by atoms with Gasteiger partial charge in [-0.1, -0.05) is 33.6 Å². The van der Waals surface area contributed by atoms with Gasteiger partial charge in [0.25, 0.3) is 0 Å². The van der Waals surface area contributed by atoms with E-state index in [0.29, 0.717) is 10.5 Å². The van der Waals surface area contributed by atoms with E-state index in [9.17, 15) is 4.39 Å². The third-order valence-corrected chi connectivity index (χ3v) is 3.75. The van der Waals surface area contributed by atoms with Crippen molar-refractivity contribution in [1.82, 2.24) is 5.01 Å². The number of benzene rings is 1. The molecule has 3 nitrogen and oxygen atoms in total. The van der Waals surface area contributed by atoms with Crippen LogP contribution in [0, 0.1) is 5.82 Å². The van der Waals surface area contributed by atoms with E-state index in [0.717, 1.165) is 30.8 Å². The molecule has 1 saturated heterocycles. The van der Waals surface area contributed by atoms with Crippen LogP contribution in [0.4, 0.5) is 4.39 Å². The minimum atomic E-state index is -0.331. The van der Waals surface area contributed by atoms with Crippen LogP contribution < -0.4 is 0 Å². The molecule has 0 aromatic heterocycles. The average molecular weight is 347 g/mol. The SMILES string of the molecule is C=NN1CCCC(c2ccc(F)cc2Cl)C1=NCBr. The minimum Gasteiger partial charge on any atom is -0.259 e. The Labute approximate surface area is 125 Å². The van der Waals surface area contributed by atoms with E-state index in [1.165, 1.54) is 12.1 Å². The number of hydrogen-bond acceptors (Lipinski definition) is 2. The molecule has 0 spiro atoms. The molecule has 0 N–H and O–H groups in total. The van der Waals surface area contributed by atoms with Gasteiger partial charge in [-0.05, 0) is 30.5 Å². The summed E-state index contributed by atoms with van der Waals surface area (Å²) in [6, 6.07) is 4.48. The predicted octanol–water partition coefficient (Wildman–Crippen LogP) is 4.03.